The maximum absolute atomic E-state index is 12.5. The molecule has 0 radical (unpaired) electrons. The molecular formula is C17H29N5O. The van der Waals surface area contributed by atoms with Gasteiger partial charge in [-0.1, -0.05) is 12.8 Å². The molecule has 23 heavy (non-hydrogen) atoms. The van der Waals surface area contributed by atoms with Crippen LogP contribution in [0.4, 0.5) is 0 Å². The van der Waals surface area contributed by atoms with E-state index in [9.17, 15) is 4.79 Å². The zero-order valence-corrected chi connectivity index (χ0v) is 14.4. The van der Waals surface area contributed by atoms with Gasteiger partial charge in [-0.3, -0.25) is 9.69 Å². The third-order valence-corrected chi connectivity index (χ3v) is 5.25. The van der Waals surface area contributed by atoms with E-state index in [1.165, 1.54) is 32.2 Å². The molecular weight excluding hydrogens is 290 g/mol. The van der Waals surface area contributed by atoms with Crippen LogP contribution in [0.15, 0.2) is 0 Å². The van der Waals surface area contributed by atoms with Gasteiger partial charge in [-0.25, -0.2) is 9.67 Å². The van der Waals surface area contributed by atoms with Crippen molar-refractivity contribution in [1.29, 1.82) is 0 Å². The maximum Gasteiger partial charge on any atom is 0.224 e. The Labute approximate surface area is 138 Å². The van der Waals surface area contributed by atoms with Crippen molar-refractivity contribution in [2.45, 2.75) is 65.0 Å². The summed E-state index contributed by atoms with van der Waals surface area (Å²) in [6.45, 7) is 7.27. The normalized spacial score (nSPS) is 23.3. The van der Waals surface area contributed by atoms with Gasteiger partial charge in [0.25, 0.3) is 0 Å². The second kappa shape index (κ2) is 7.43. The molecule has 2 fully saturated rings. The molecule has 1 saturated carbocycles. The lowest BCUT2D eigenvalue weighted by molar-refractivity contribution is -0.127. The van der Waals surface area contributed by atoms with Crippen LogP contribution in [-0.2, 0) is 11.3 Å². The summed E-state index contributed by atoms with van der Waals surface area (Å²) in [7, 11) is 0. The van der Waals surface area contributed by atoms with E-state index in [2.05, 4.69) is 20.3 Å². The quantitative estimate of drug-likeness (QED) is 0.897. The number of likely N-dealkylation sites (tertiary alicyclic amines) is 1. The number of carbonyl (C=O) groups excluding carboxylic acids is 1. The number of hydrogen-bond acceptors (Lipinski definition) is 4. The highest BCUT2D eigenvalue weighted by Crippen LogP contribution is 2.27. The van der Waals surface area contributed by atoms with Crippen molar-refractivity contribution in [2.75, 3.05) is 19.6 Å². The van der Waals surface area contributed by atoms with Crippen molar-refractivity contribution in [3.8, 4) is 0 Å². The topological polar surface area (TPSA) is 63.1 Å². The number of carbonyl (C=O) groups is 1. The Hall–Kier alpha value is -1.43. The van der Waals surface area contributed by atoms with E-state index < -0.39 is 0 Å². The molecule has 0 spiro atoms. The van der Waals surface area contributed by atoms with E-state index in [1.807, 2.05) is 18.5 Å². The fourth-order valence-electron chi connectivity index (χ4n) is 4.02. The molecule has 6 nitrogen and oxygen atoms in total. The lowest BCUT2D eigenvalue weighted by atomic mass is 9.95. The molecule has 0 bridgehead atoms. The molecule has 1 unspecified atom stereocenters. The first kappa shape index (κ1) is 16.4. The molecule has 0 aromatic carbocycles. The first-order valence-corrected chi connectivity index (χ1v) is 9.03. The highest BCUT2D eigenvalue weighted by Gasteiger charge is 2.30. The fraction of sp³-hybridized carbons (Fsp3) is 0.824. The average molecular weight is 319 g/mol. The smallest absolute Gasteiger partial charge is 0.224 e. The average Bonchev–Trinajstić information content (AvgIpc) is 3.17. The second-order valence-corrected chi connectivity index (χ2v) is 6.99. The van der Waals surface area contributed by atoms with Crippen molar-refractivity contribution < 1.29 is 4.79 Å². The summed E-state index contributed by atoms with van der Waals surface area (Å²) in [6.07, 6.45) is 7.52. The first-order valence-electron chi connectivity index (χ1n) is 9.03. The van der Waals surface area contributed by atoms with Gasteiger partial charge in [0.1, 0.15) is 11.6 Å². The first-order chi connectivity index (χ1) is 11.1. The summed E-state index contributed by atoms with van der Waals surface area (Å²) in [5.41, 5.74) is 0. The molecule has 3 rings (SSSR count). The van der Waals surface area contributed by atoms with Gasteiger partial charge in [0, 0.05) is 19.1 Å². The summed E-state index contributed by atoms with van der Waals surface area (Å²) in [6, 6.07) is 0.728. The van der Waals surface area contributed by atoms with Crippen molar-refractivity contribution in [3.05, 3.63) is 11.6 Å². The number of nitrogens with zero attached hydrogens (tertiary/aromatic N) is 4. The summed E-state index contributed by atoms with van der Waals surface area (Å²) in [5, 5.41) is 7.42. The third-order valence-electron chi connectivity index (χ3n) is 5.25. The molecule has 1 N–H and O–H groups in total. The summed E-state index contributed by atoms with van der Waals surface area (Å²) >= 11 is 0. The van der Waals surface area contributed by atoms with Gasteiger partial charge in [0.2, 0.25) is 5.91 Å². The standard InChI is InChI=1S/C17H29N5O/c1-13-19-14(2)22(20-13)11-9-18-17(23)15-6-5-10-21(12-15)16-7-3-4-8-16/h15-16H,3-12H2,1-2H3,(H,18,23). The van der Waals surface area contributed by atoms with Crippen LogP contribution in [0.25, 0.3) is 0 Å². The second-order valence-electron chi connectivity index (χ2n) is 6.99. The molecule has 6 heteroatoms. The van der Waals surface area contributed by atoms with Crippen LogP contribution in [0.5, 0.6) is 0 Å². The summed E-state index contributed by atoms with van der Waals surface area (Å²) < 4.78 is 1.86. The molecule has 1 aromatic rings. The van der Waals surface area contributed by atoms with Crippen molar-refractivity contribution in [1.82, 2.24) is 25.0 Å². The lowest BCUT2D eigenvalue weighted by Gasteiger charge is -2.36. The van der Waals surface area contributed by atoms with Crippen LogP contribution in [0.1, 0.15) is 50.2 Å². The van der Waals surface area contributed by atoms with E-state index >= 15 is 0 Å². The molecule has 2 heterocycles. The maximum atomic E-state index is 12.5. The van der Waals surface area contributed by atoms with Gasteiger partial charge in [-0.2, -0.15) is 5.10 Å². The van der Waals surface area contributed by atoms with Crippen molar-refractivity contribution in [3.63, 3.8) is 0 Å². The molecule has 128 valence electrons. The molecule has 1 amide bonds. The lowest BCUT2D eigenvalue weighted by Crippen LogP contribution is -2.46. The number of aromatic nitrogens is 3. The molecule has 1 aliphatic carbocycles. The fourth-order valence-corrected chi connectivity index (χ4v) is 4.02. The minimum atomic E-state index is 0.155. The number of aryl methyl sites for hydroxylation is 2. The molecule has 1 saturated heterocycles. The van der Waals surface area contributed by atoms with Crippen LogP contribution in [0.3, 0.4) is 0 Å². The van der Waals surface area contributed by atoms with Crippen LogP contribution in [0, 0.1) is 19.8 Å². The van der Waals surface area contributed by atoms with Gasteiger partial charge >= 0.3 is 0 Å². The monoisotopic (exact) mass is 319 g/mol. The van der Waals surface area contributed by atoms with E-state index in [-0.39, 0.29) is 11.8 Å². The Bertz CT molecular complexity index is 535. The van der Waals surface area contributed by atoms with Crippen LogP contribution >= 0.6 is 0 Å². The molecule has 2 aliphatic rings. The highest BCUT2D eigenvalue weighted by molar-refractivity contribution is 5.78. The molecule has 1 aliphatic heterocycles. The number of nitrogens with one attached hydrogen (secondary N) is 1. The van der Waals surface area contributed by atoms with Gasteiger partial charge in [-0.15, -0.1) is 0 Å². The van der Waals surface area contributed by atoms with E-state index in [1.54, 1.807) is 0 Å². The highest BCUT2D eigenvalue weighted by atomic mass is 16.1. The summed E-state index contributed by atoms with van der Waals surface area (Å²) in [4.78, 5) is 19.3. The molecule has 1 aromatic heterocycles. The predicted octanol–water partition coefficient (Wildman–Crippen LogP) is 1.67. The van der Waals surface area contributed by atoms with Gasteiger partial charge in [0.05, 0.1) is 12.5 Å². The van der Waals surface area contributed by atoms with Gasteiger partial charge in [0.15, 0.2) is 0 Å². The van der Waals surface area contributed by atoms with Crippen LogP contribution < -0.4 is 5.32 Å². The zero-order chi connectivity index (χ0) is 16.2. The SMILES string of the molecule is Cc1nc(C)n(CCNC(=O)C2CCCN(C3CCCC3)C2)n1. The number of rotatable bonds is 5. The van der Waals surface area contributed by atoms with Crippen molar-refractivity contribution in [2.24, 2.45) is 5.92 Å². The Balaban J connectivity index is 1.45. The number of hydrogen-bond donors (Lipinski definition) is 1. The summed E-state index contributed by atoms with van der Waals surface area (Å²) in [5.74, 6) is 2.06. The Morgan fingerprint density at radius 3 is 2.70 bits per heavy atom. The largest absolute Gasteiger partial charge is 0.354 e. The van der Waals surface area contributed by atoms with Crippen LogP contribution in [-0.4, -0.2) is 51.2 Å². The Morgan fingerprint density at radius 1 is 1.22 bits per heavy atom. The molecule has 1 atom stereocenters. The minimum absolute atomic E-state index is 0.155. The van der Waals surface area contributed by atoms with Gasteiger partial charge < -0.3 is 5.32 Å². The number of amides is 1. The van der Waals surface area contributed by atoms with Crippen molar-refractivity contribution >= 4 is 5.91 Å². The Morgan fingerprint density at radius 2 is 2.00 bits per heavy atom. The third kappa shape index (κ3) is 4.10. The van der Waals surface area contributed by atoms with Crippen LogP contribution in [0.2, 0.25) is 0 Å². The van der Waals surface area contributed by atoms with E-state index in [0.717, 1.165) is 37.1 Å². The van der Waals surface area contributed by atoms with E-state index in [4.69, 9.17) is 0 Å². The van der Waals surface area contributed by atoms with Gasteiger partial charge in [-0.05, 0) is 46.1 Å². The Kier molecular flexibility index (Phi) is 5.30. The zero-order valence-electron chi connectivity index (χ0n) is 14.4. The van der Waals surface area contributed by atoms with E-state index in [0.29, 0.717) is 13.1 Å². The number of piperidine rings is 1. The predicted molar refractivity (Wildman–Crippen MR) is 89.1 cm³/mol. The minimum Gasteiger partial charge on any atom is -0.354 e.